The zero-order valence-corrected chi connectivity index (χ0v) is 13.0. The zero-order valence-electron chi connectivity index (χ0n) is 9.77. The molecular formula is C12H14BrNOS2. The largest absolute Gasteiger partial charge is 0.364 e. The highest BCUT2D eigenvalue weighted by molar-refractivity contribution is 9.10. The summed E-state index contributed by atoms with van der Waals surface area (Å²) in [6.07, 6.45) is 0.514. The lowest BCUT2D eigenvalue weighted by atomic mass is 10.1. The fourth-order valence-electron chi connectivity index (χ4n) is 1.14. The first-order valence-electron chi connectivity index (χ1n) is 5.13. The van der Waals surface area contributed by atoms with Crippen molar-refractivity contribution < 1.29 is 4.79 Å². The number of thiocarbonyl (C=S) groups is 1. The second-order valence-corrected chi connectivity index (χ2v) is 6.33. The van der Waals surface area contributed by atoms with Gasteiger partial charge < -0.3 is 4.90 Å². The second kappa shape index (κ2) is 7.13. The zero-order chi connectivity index (χ0) is 12.8. The third-order valence-corrected chi connectivity index (χ3v) is 4.35. The molecule has 17 heavy (non-hydrogen) atoms. The van der Waals surface area contributed by atoms with Crippen LogP contribution in [0.3, 0.4) is 0 Å². The number of halogens is 1. The minimum atomic E-state index is 0.159. The van der Waals surface area contributed by atoms with Crippen LogP contribution in [0.5, 0.6) is 0 Å². The molecule has 0 aliphatic heterocycles. The van der Waals surface area contributed by atoms with Crippen molar-refractivity contribution in [3.05, 3.63) is 34.3 Å². The van der Waals surface area contributed by atoms with Gasteiger partial charge in [-0.3, -0.25) is 4.79 Å². The van der Waals surface area contributed by atoms with E-state index < -0.39 is 0 Å². The molecule has 0 unspecified atom stereocenters. The molecule has 1 rings (SSSR count). The van der Waals surface area contributed by atoms with Crippen LogP contribution < -0.4 is 0 Å². The monoisotopic (exact) mass is 331 g/mol. The molecule has 0 aromatic heterocycles. The highest BCUT2D eigenvalue weighted by Gasteiger charge is 2.07. The van der Waals surface area contributed by atoms with E-state index >= 15 is 0 Å². The molecule has 0 N–H and O–H groups in total. The van der Waals surface area contributed by atoms with Gasteiger partial charge >= 0.3 is 0 Å². The van der Waals surface area contributed by atoms with Crippen LogP contribution in [0.1, 0.15) is 16.8 Å². The molecule has 0 saturated heterocycles. The maximum atomic E-state index is 11.8. The Kier molecular flexibility index (Phi) is 6.16. The smallest absolute Gasteiger partial charge is 0.163 e. The van der Waals surface area contributed by atoms with E-state index in [9.17, 15) is 4.79 Å². The van der Waals surface area contributed by atoms with Crippen LogP contribution >= 0.6 is 39.9 Å². The van der Waals surface area contributed by atoms with Crippen LogP contribution in [-0.4, -0.2) is 34.9 Å². The number of carbonyl (C=O) groups is 1. The SMILES string of the molecule is CN(C)C(=S)SCCC(=O)c1ccc(Br)cc1. The first kappa shape index (κ1) is 14.7. The summed E-state index contributed by atoms with van der Waals surface area (Å²) in [7, 11) is 3.82. The van der Waals surface area contributed by atoms with E-state index in [2.05, 4.69) is 15.9 Å². The molecule has 5 heteroatoms. The van der Waals surface area contributed by atoms with Gasteiger partial charge in [0.15, 0.2) is 5.78 Å². The molecule has 2 nitrogen and oxygen atoms in total. The molecule has 0 amide bonds. The van der Waals surface area contributed by atoms with Gasteiger partial charge in [-0.15, -0.1) is 0 Å². The molecule has 0 heterocycles. The van der Waals surface area contributed by atoms with Crippen molar-refractivity contribution in [1.29, 1.82) is 0 Å². The molecule has 0 aliphatic rings. The molecule has 92 valence electrons. The van der Waals surface area contributed by atoms with Crippen molar-refractivity contribution >= 4 is 50.0 Å². The van der Waals surface area contributed by atoms with Gasteiger partial charge in [0.05, 0.1) is 0 Å². The summed E-state index contributed by atoms with van der Waals surface area (Å²) < 4.78 is 1.80. The van der Waals surface area contributed by atoms with Crippen molar-refractivity contribution in [1.82, 2.24) is 4.90 Å². The predicted octanol–water partition coefficient (Wildman–Crippen LogP) is 3.60. The molecule has 0 spiro atoms. The summed E-state index contributed by atoms with van der Waals surface area (Å²) in [5.41, 5.74) is 0.754. The van der Waals surface area contributed by atoms with Crippen LogP contribution in [0.4, 0.5) is 0 Å². The Hall–Kier alpha value is -0.390. The first-order chi connectivity index (χ1) is 8.00. The number of carbonyl (C=O) groups excluding carboxylic acids is 1. The van der Waals surface area contributed by atoms with Crippen molar-refractivity contribution in [2.24, 2.45) is 0 Å². The van der Waals surface area contributed by atoms with Gasteiger partial charge in [-0.1, -0.05) is 52.0 Å². The Morgan fingerprint density at radius 1 is 1.35 bits per heavy atom. The van der Waals surface area contributed by atoms with Crippen molar-refractivity contribution in [3.8, 4) is 0 Å². The summed E-state index contributed by atoms with van der Waals surface area (Å²) in [5, 5.41) is 0. The Morgan fingerprint density at radius 2 is 1.94 bits per heavy atom. The number of hydrogen-bond donors (Lipinski definition) is 0. The van der Waals surface area contributed by atoms with Gasteiger partial charge in [-0.25, -0.2) is 0 Å². The Bertz CT molecular complexity index is 403. The number of hydrogen-bond acceptors (Lipinski definition) is 3. The lowest BCUT2D eigenvalue weighted by Gasteiger charge is -2.12. The van der Waals surface area contributed by atoms with Gasteiger partial charge in [0.1, 0.15) is 4.32 Å². The Balaban J connectivity index is 2.40. The van der Waals surface area contributed by atoms with Crippen LogP contribution in [0.25, 0.3) is 0 Å². The summed E-state index contributed by atoms with van der Waals surface area (Å²) in [5.74, 6) is 0.887. The molecule has 1 aromatic rings. The molecule has 0 bridgehead atoms. The number of thioether (sulfide) groups is 1. The van der Waals surface area contributed by atoms with E-state index in [4.69, 9.17) is 12.2 Å². The van der Waals surface area contributed by atoms with Gasteiger partial charge in [0.2, 0.25) is 0 Å². The number of ketones is 1. The Labute approximate surface area is 120 Å². The molecular weight excluding hydrogens is 318 g/mol. The number of benzene rings is 1. The van der Waals surface area contributed by atoms with Crippen molar-refractivity contribution in [2.45, 2.75) is 6.42 Å². The Morgan fingerprint density at radius 3 is 2.47 bits per heavy atom. The van der Waals surface area contributed by atoms with Crippen LogP contribution in [0.15, 0.2) is 28.7 Å². The van der Waals surface area contributed by atoms with Crippen LogP contribution in [0.2, 0.25) is 0 Å². The standard InChI is InChI=1S/C12H14BrNOS2/c1-14(2)12(16)17-8-7-11(15)9-3-5-10(13)6-4-9/h3-6H,7-8H2,1-2H3. The first-order valence-corrected chi connectivity index (χ1v) is 7.32. The number of Topliss-reactive ketones (excluding diaryl/α,β-unsaturated/α-hetero) is 1. The van der Waals surface area contributed by atoms with Gasteiger partial charge in [-0.2, -0.15) is 0 Å². The van der Waals surface area contributed by atoms with E-state index in [1.54, 1.807) is 0 Å². The number of rotatable bonds is 4. The number of nitrogens with zero attached hydrogens (tertiary/aromatic N) is 1. The molecule has 1 aromatic carbocycles. The molecule has 0 saturated carbocycles. The van der Waals surface area contributed by atoms with E-state index in [0.717, 1.165) is 20.1 Å². The van der Waals surface area contributed by atoms with E-state index in [0.29, 0.717) is 6.42 Å². The second-order valence-electron chi connectivity index (χ2n) is 3.69. The normalized spacial score (nSPS) is 10.1. The predicted molar refractivity (Wildman–Crippen MR) is 81.8 cm³/mol. The van der Waals surface area contributed by atoms with Gasteiger partial charge in [0.25, 0.3) is 0 Å². The van der Waals surface area contributed by atoms with Crippen molar-refractivity contribution in [3.63, 3.8) is 0 Å². The molecule has 0 fully saturated rings. The van der Waals surface area contributed by atoms with E-state index in [1.807, 2.05) is 43.3 Å². The fourth-order valence-corrected chi connectivity index (χ4v) is 2.37. The van der Waals surface area contributed by atoms with E-state index in [-0.39, 0.29) is 5.78 Å². The van der Waals surface area contributed by atoms with Gasteiger partial charge in [0, 0.05) is 36.3 Å². The third-order valence-electron chi connectivity index (χ3n) is 2.09. The highest BCUT2D eigenvalue weighted by Crippen LogP contribution is 2.14. The van der Waals surface area contributed by atoms with Crippen LogP contribution in [-0.2, 0) is 0 Å². The molecule has 0 atom stereocenters. The van der Waals surface area contributed by atoms with Crippen molar-refractivity contribution in [2.75, 3.05) is 19.8 Å². The maximum Gasteiger partial charge on any atom is 0.163 e. The molecule has 0 radical (unpaired) electrons. The minimum Gasteiger partial charge on any atom is -0.364 e. The maximum absolute atomic E-state index is 11.8. The molecule has 0 aliphatic carbocycles. The topological polar surface area (TPSA) is 20.3 Å². The highest BCUT2D eigenvalue weighted by atomic mass is 79.9. The summed E-state index contributed by atoms with van der Waals surface area (Å²) in [4.78, 5) is 13.7. The minimum absolute atomic E-state index is 0.159. The summed E-state index contributed by atoms with van der Waals surface area (Å²) in [6.45, 7) is 0. The summed E-state index contributed by atoms with van der Waals surface area (Å²) >= 11 is 10.0. The fraction of sp³-hybridized carbons (Fsp3) is 0.333. The lowest BCUT2D eigenvalue weighted by molar-refractivity contribution is 0.0989. The average Bonchev–Trinajstić information content (AvgIpc) is 2.29. The van der Waals surface area contributed by atoms with E-state index in [1.165, 1.54) is 11.8 Å². The average molecular weight is 332 g/mol. The van der Waals surface area contributed by atoms with Crippen LogP contribution in [0, 0.1) is 0 Å². The quantitative estimate of drug-likeness (QED) is 0.620. The van der Waals surface area contributed by atoms with Gasteiger partial charge in [-0.05, 0) is 12.1 Å². The lowest BCUT2D eigenvalue weighted by Crippen LogP contribution is -2.16. The summed E-state index contributed by atoms with van der Waals surface area (Å²) in [6, 6.07) is 7.43. The third kappa shape index (κ3) is 5.19.